The normalized spacial score (nSPS) is 9.82. The Kier molecular flexibility index (Phi) is 4.67. The third-order valence-corrected chi connectivity index (χ3v) is 1.05. The summed E-state index contributed by atoms with van der Waals surface area (Å²) in [4.78, 5) is 19.8. The molecule has 0 aliphatic heterocycles. The summed E-state index contributed by atoms with van der Waals surface area (Å²) in [5.74, 6) is -1.15. The SMILES string of the molecule is O=C(F)CCC(=O)N=S(F)F. The zero-order valence-corrected chi connectivity index (χ0v) is 6.04. The summed E-state index contributed by atoms with van der Waals surface area (Å²) in [6.45, 7) is 0. The molecule has 11 heavy (non-hydrogen) atoms. The van der Waals surface area contributed by atoms with E-state index in [1.807, 2.05) is 0 Å². The van der Waals surface area contributed by atoms with Gasteiger partial charge in [-0.1, -0.05) is 0 Å². The fraction of sp³-hybridized carbons (Fsp3) is 0.500. The number of nitrogens with zero attached hydrogens (tertiary/aromatic N) is 1. The Hall–Kier alpha value is -0.720. The van der Waals surface area contributed by atoms with Crippen molar-refractivity contribution in [2.45, 2.75) is 12.8 Å². The van der Waals surface area contributed by atoms with Crippen molar-refractivity contribution >= 4 is 23.4 Å². The molecule has 0 atom stereocenters. The molecule has 0 aliphatic carbocycles. The van der Waals surface area contributed by atoms with Crippen molar-refractivity contribution in [3.05, 3.63) is 0 Å². The minimum Gasteiger partial charge on any atom is -0.272 e. The van der Waals surface area contributed by atoms with E-state index < -0.39 is 36.2 Å². The van der Waals surface area contributed by atoms with Crippen LogP contribution in [0, 0.1) is 0 Å². The number of halogens is 3. The summed E-state index contributed by atoms with van der Waals surface area (Å²) in [6.07, 6.45) is -1.27. The smallest absolute Gasteiger partial charge is 0.272 e. The molecule has 0 radical (unpaired) electrons. The van der Waals surface area contributed by atoms with Crippen LogP contribution >= 0.6 is 0 Å². The Morgan fingerprint density at radius 3 is 2.18 bits per heavy atom. The minimum absolute atomic E-state index is 0.591. The first-order chi connectivity index (χ1) is 5.02. The van der Waals surface area contributed by atoms with E-state index >= 15 is 0 Å². The van der Waals surface area contributed by atoms with Gasteiger partial charge < -0.3 is 0 Å². The molecule has 3 nitrogen and oxygen atoms in total. The molecule has 0 spiro atoms. The highest BCUT2D eigenvalue weighted by Crippen LogP contribution is 1.98. The summed E-state index contributed by atoms with van der Waals surface area (Å²) in [6, 6.07) is -1.70. The van der Waals surface area contributed by atoms with Crippen LogP contribution in [0.5, 0.6) is 0 Å². The molecule has 0 saturated carbocycles. The first kappa shape index (κ1) is 10.3. The van der Waals surface area contributed by atoms with Crippen LogP contribution in [0.1, 0.15) is 12.8 Å². The average Bonchev–Trinajstić information content (AvgIpc) is 1.82. The van der Waals surface area contributed by atoms with Gasteiger partial charge in [-0.3, -0.25) is 9.59 Å². The second-order valence-electron chi connectivity index (χ2n) is 1.54. The predicted octanol–water partition coefficient (Wildman–Crippen LogP) is 1.36. The Morgan fingerprint density at radius 2 is 1.82 bits per heavy atom. The van der Waals surface area contributed by atoms with Gasteiger partial charge in [0.15, 0.2) is 0 Å². The highest BCUT2D eigenvalue weighted by molar-refractivity contribution is 7.77. The lowest BCUT2D eigenvalue weighted by molar-refractivity contribution is -0.131. The van der Waals surface area contributed by atoms with Gasteiger partial charge in [0, 0.05) is 12.8 Å². The van der Waals surface area contributed by atoms with E-state index in [-0.39, 0.29) is 0 Å². The van der Waals surface area contributed by atoms with E-state index in [2.05, 4.69) is 4.36 Å². The standard InChI is InChI=1S/C4H4F3NO2S/c5-3(9)1-2-4(10)8-11(6)7/h1-2H2. The molecule has 0 N–H and O–H groups in total. The molecule has 0 bridgehead atoms. The zero-order chi connectivity index (χ0) is 8.85. The fourth-order valence-electron chi connectivity index (χ4n) is 0.328. The van der Waals surface area contributed by atoms with Crippen LogP contribution in [0.4, 0.5) is 12.2 Å². The first-order valence-corrected chi connectivity index (χ1v) is 3.50. The molecule has 0 fully saturated rings. The number of hydrogen-bond donors (Lipinski definition) is 0. The average molecular weight is 187 g/mol. The van der Waals surface area contributed by atoms with Crippen molar-refractivity contribution in [2.75, 3.05) is 0 Å². The molecule has 0 heterocycles. The summed E-state index contributed by atoms with van der Waals surface area (Å²) in [5, 5.41) is 0. The number of rotatable bonds is 3. The third kappa shape index (κ3) is 7.17. The van der Waals surface area contributed by atoms with E-state index in [4.69, 9.17) is 0 Å². The molecule has 0 aromatic rings. The predicted molar refractivity (Wildman–Crippen MR) is 32.4 cm³/mol. The Labute approximate surface area is 63.3 Å². The van der Waals surface area contributed by atoms with Gasteiger partial charge in [-0.05, 0) is 0 Å². The summed E-state index contributed by atoms with van der Waals surface area (Å²) in [7, 11) is 0. The topological polar surface area (TPSA) is 46.5 Å². The Bertz CT molecular complexity index is 202. The number of carbonyl (C=O) groups excluding carboxylic acids is 2. The highest BCUT2D eigenvalue weighted by atomic mass is 32.2. The summed E-state index contributed by atoms with van der Waals surface area (Å²) < 4.78 is 36.2. The van der Waals surface area contributed by atoms with Gasteiger partial charge in [0.1, 0.15) is 0 Å². The molecule has 0 saturated heterocycles. The maximum absolute atomic E-state index is 11.4. The Balaban J connectivity index is 3.71. The largest absolute Gasteiger partial charge is 0.302 e. The van der Waals surface area contributed by atoms with Crippen LogP contribution in [-0.2, 0) is 21.1 Å². The molecule has 0 aromatic carbocycles. The van der Waals surface area contributed by atoms with Crippen LogP contribution in [0.25, 0.3) is 0 Å². The molecule has 0 aromatic heterocycles. The molecule has 64 valence electrons. The van der Waals surface area contributed by atoms with Crippen molar-refractivity contribution < 1.29 is 21.8 Å². The van der Waals surface area contributed by atoms with Crippen molar-refractivity contribution in [1.82, 2.24) is 0 Å². The van der Waals surface area contributed by atoms with Gasteiger partial charge in [-0.2, -0.15) is 4.39 Å². The van der Waals surface area contributed by atoms with Gasteiger partial charge in [-0.25, -0.2) is 0 Å². The third-order valence-electron chi connectivity index (χ3n) is 0.706. The van der Waals surface area contributed by atoms with E-state index in [1.165, 1.54) is 0 Å². The maximum Gasteiger partial charge on any atom is 0.302 e. The lowest BCUT2D eigenvalue weighted by Crippen LogP contribution is -1.97. The zero-order valence-electron chi connectivity index (χ0n) is 5.22. The number of hydrogen-bond acceptors (Lipinski definition) is 2. The second-order valence-corrected chi connectivity index (χ2v) is 2.11. The number of amides is 1. The molecule has 7 heteroatoms. The lowest BCUT2D eigenvalue weighted by Gasteiger charge is -1.86. The van der Waals surface area contributed by atoms with Crippen molar-refractivity contribution in [3.8, 4) is 0 Å². The van der Waals surface area contributed by atoms with Crippen LogP contribution in [-0.4, -0.2) is 11.9 Å². The monoisotopic (exact) mass is 187 g/mol. The Morgan fingerprint density at radius 1 is 1.27 bits per heavy atom. The lowest BCUT2D eigenvalue weighted by atomic mass is 10.3. The summed E-state index contributed by atoms with van der Waals surface area (Å²) >= 11 is -3.32. The number of carbonyl (C=O) groups is 2. The van der Waals surface area contributed by atoms with Crippen LogP contribution < -0.4 is 0 Å². The quantitative estimate of drug-likeness (QED) is 0.626. The van der Waals surface area contributed by atoms with Crippen molar-refractivity contribution in [1.29, 1.82) is 0 Å². The van der Waals surface area contributed by atoms with Crippen LogP contribution in [0.3, 0.4) is 0 Å². The van der Waals surface area contributed by atoms with E-state index in [9.17, 15) is 21.8 Å². The second kappa shape index (κ2) is 5.00. The molecule has 0 aliphatic rings. The van der Waals surface area contributed by atoms with E-state index in [0.29, 0.717) is 0 Å². The van der Waals surface area contributed by atoms with Gasteiger partial charge >= 0.3 is 6.04 Å². The molecular weight excluding hydrogens is 183 g/mol. The van der Waals surface area contributed by atoms with Crippen molar-refractivity contribution in [3.63, 3.8) is 0 Å². The molecule has 0 rings (SSSR count). The minimum atomic E-state index is -3.32. The maximum atomic E-state index is 11.4. The molecule has 1 amide bonds. The van der Waals surface area contributed by atoms with Gasteiger partial charge in [0.05, 0.1) is 0 Å². The first-order valence-electron chi connectivity index (χ1n) is 2.52. The van der Waals surface area contributed by atoms with Gasteiger partial charge in [0.25, 0.3) is 17.4 Å². The highest BCUT2D eigenvalue weighted by Gasteiger charge is 2.05. The molecule has 0 unspecified atom stereocenters. The van der Waals surface area contributed by atoms with E-state index in [1.54, 1.807) is 0 Å². The van der Waals surface area contributed by atoms with Gasteiger partial charge in [0.2, 0.25) is 0 Å². The van der Waals surface area contributed by atoms with Gasteiger partial charge in [-0.15, -0.1) is 12.1 Å². The summed E-state index contributed by atoms with van der Waals surface area (Å²) in [5.41, 5.74) is 0. The fourth-order valence-corrected chi connectivity index (χ4v) is 0.573. The van der Waals surface area contributed by atoms with Crippen LogP contribution in [0.15, 0.2) is 4.36 Å². The van der Waals surface area contributed by atoms with Crippen LogP contribution in [0.2, 0.25) is 0 Å². The molecular formula is C4H4F3NO2S. The van der Waals surface area contributed by atoms with Crippen molar-refractivity contribution in [2.24, 2.45) is 4.36 Å². The van der Waals surface area contributed by atoms with E-state index in [0.717, 1.165) is 0 Å².